The Morgan fingerprint density at radius 2 is 1.87 bits per heavy atom. The SMILES string of the molecule is CN=C(NCCOc1cccc(NC(C)=O)c1)N1CCN(c2ccccc2F)CC1.I. The minimum Gasteiger partial charge on any atom is -0.492 e. The second-order valence-electron chi connectivity index (χ2n) is 6.96. The zero-order chi connectivity index (χ0) is 21.3. The van der Waals surface area contributed by atoms with Crippen molar-refractivity contribution in [1.82, 2.24) is 10.2 Å². The molecule has 0 saturated carbocycles. The maximum atomic E-state index is 14.0. The minimum absolute atomic E-state index is 0. The Bertz CT molecular complexity index is 888. The van der Waals surface area contributed by atoms with Crippen molar-refractivity contribution in [2.45, 2.75) is 6.92 Å². The van der Waals surface area contributed by atoms with E-state index in [-0.39, 0.29) is 35.7 Å². The molecular weight excluding hydrogens is 512 g/mol. The first-order chi connectivity index (χ1) is 14.6. The van der Waals surface area contributed by atoms with Gasteiger partial charge in [-0.1, -0.05) is 18.2 Å². The summed E-state index contributed by atoms with van der Waals surface area (Å²) in [6, 6.07) is 14.2. The second kappa shape index (κ2) is 12.3. The highest BCUT2D eigenvalue weighted by Crippen LogP contribution is 2.20. The number of halogens is 2. The number of nitrogens with one attached hydrogen (secondary N) is 2. The van der Waals surface area contributed by atoms with Crippen LogP contribution in [0.2, 0.25) is 0 Å². The topological polar surface area (TPSA) is 69.2 Å². The lowest BCUT2D eigenvalue weighted by molar-refractivity contribution is -0.114. The Balaban J connectivity index is 0.00000341. The highest BCUT2D eigenvalue weighted by Gasteiger charge is 2.21. The maximum absolute atomic E-state index is 14.0. The smallest absolute Gasteiger partial charge is 0.221 e. The van der Waals surface area contributed by atoms with Crippen LogP contribution in [0.1, 0.15) is 6.92 Å². The lowest BCUT2D eigenvalue weighted by atomic mass is 10.2. The van der Waals surface area contributed by atoms with Gasteiger partial charge in [0.05, 0.1) is 12.2 Å². The lowest BCUT2D eigenvalue weighted by Crippen LogP contribution is -2.53. The molecule has 0 atom stereocenters. The first-order valence-electron chi connectivity index (χ1n) is 10.0. The molecule has 9 heteroatoms. The van der Waals surface area contributed by atoms with Crippen molar-refractivity contribution < 1.29 is 13.9 Å². The van der Waals surface area contributed by atoms with Crippen molar-refractivity contribution in [2.75, 3.05) is 56.6 Å². The van der Waals surface area contributed by atoms with Gasteiger partial charge in [0, 0.05) is 51.9 Å². The first kappa shape index (κ1) is 24.7. The number of benzene rings is 2. The molecule has 3 rings (SSSR count). The lowest BCUT2D eigenvalue weighted by Gasteiger charge is -2.37. The number of aliphatic imine (C=N–C) groups is 1. The number of hydrogen-bond acceptors (Lipinski definition) is 4. The summed E-state index contributed by atoms with van der Waals surface area (Å²) < 4.78 is 19.8. The third kappa shape index (κ3) is 7.27. The zero-order valence-electron chi connectivity index (χ0n) is 17.8. The molecule has 0 spiro atoms. The summed E-state index contributed by atoms with van der Waals surface area (Å²) in [5, 5.41) is 6.05. The molecule has 2 aromatic rings. The average Bonchev–Trinajstić information content (AvgIpc) is 2.74. The monoisotopic (exact) mass is 541 g/mol. The van der Waals surface area contributed by atoms with Crippen LogP contribution in [0.25, 0.3) is 0 Å². The fourth-order valence-corrected chi connectivity index (χ4v) is 3.40. The van der Waals surface area contributed by atoms with Gasteiger partial charge in [0.1, 0.15) is 18.2 Å². The molecule has 0 aliphatic carbocycles. The van der Waals surface area contributed by atoms with Crippen LogP contribution in [0.5, 0.6) is 5.75 Å². The second-order valence-corrected chi connectivity index (χ2v) is 6.96. The van der Waals surface area contributed by atoms with E-state index in [1.807, 2.05) is 30.3 Å². The molecule has 1 fully saturated rings. The molecule has 0 aromatic heterocycles. The molecule has 1 aliphatic heterocycles. The van der Waals surface area contributed by atoms with Crippen LogP contribution in [0.15, 0.2) is 53.5 Å². The number of amides is 1. The van der Waals surface area contributed by atoms with Crippen LogP contribution in [0.3, 0.4) is 0 Å². The summed E-state index contributed by atoms with van der Waals surface area (Å²) in [7, 11) is 1.75. The fraction of sp³-hybridized carbons (Fsp3) is 0.364. The van der Waals surface area contributed by atoms with Crippen molar-refractivity contribution in [1.29, 1.82) is 0 Å². The molecule has 0 bridgehead atoms. The Labute approximate surface area is 199 Å². The van der Waals surface area contributed by atoms with Crippen molar-refractivity contribution in [2.24, 2.45) is 4.99 Å². The summed E-state index contributed by atoms with van der Waals surface area (Å²) in [6.07, 6.45) is 0. The van der Waals surface area contributed by atoms with Gasteiger partial charge < -0.3 is 25.2 Å². The van der Waals surface area contributed by atoms with E-state index in [0.29, 0.717) is 30.3 Å². The number of guanidine groups is 1. The van der Waals surface area contributed by atoms with Crippen LogP contribution < -0.4 is 20.3 Å². The normalized spacial score (nSPS) is 14.0. The van der Waals surface area contributed by atoms with E-state index in [4.69, 9.17) is 4.74 Å². The van der Waals surface area contributed by atoms with Gasteiger partial charge in [-0.3, -0.25) is 9.79 Å². The molecular formula is C22H29FIN5O2. The number of rotatable bonds is 6. The van der Waals surface area contributed by atoms with Gasteiger partial charge in [-0.25, -0.2) is 4.39 Å². The maximum Gasteiger partial charge on any atom is 0.221 e. The van der Waals surface area contributed by atoms with Gasteiger partial charge in [0.25, 0.3) is 0 Å². The molecule has 168 valence electrons. The number of para-hydroxylation sites is 1. The van der Waals surface area contributed by atoms with Crippen molar-refractivity contribution in [3.63, 3.8) is 0 Å². The van der Waals surface area contributed by atoms with Crippen LogP contribution in [0, 0.1) is 5.82 Å². The summed E-state index contributed by atoms with van der Waals surface area (Å²) in [5.41, 5.74) is 1.35. The van der Waals surface area contributed by atoms with Crippen LogP contribution in [0.4, 0.5) is 15.8 Å². The van der Waals surface area contributed by atoms with Gasteiger partial charge in [-0.2, -0.15) is 0 Å². The molecule has 1 saturated heterocycles. The molecule has 1 heterocycles. The fourth-order valence-electron chi connectivity index (χ4n) is 3.40. The summed E-state index contributed by atoms with van der Waals surface area (Å²) in [6.45, 7) is 5.49. The van der Waals surface area contributed by atoms with Gasteiger partial charge in [-0.15, -0.1) is 24.0 Å². The predicted molar refractivity (Wildman–Crippen MR) is 133 cm³/mol. The highest BCUT2D eigenvalue weighted by atomic mass is 127. The molecule has 2 N–H and O–H groups in total. The Hall–Kier alpha value is -2.56. The van der Waals surface area contributed by atoms with E-state index in [1.165, 1.54) is 13.0 Å². The van der Waals surface area contributed by atoms with Gasteiger partial charge >= 0.3 is 0 Å². The van der Waals surface area contributed by atoms with Crippen LogP contribution in [-0.2, 0) is 4.79 Å². The van der Waals surface area contributed by atoms with Crippen molar-refractivity contribution in [3.05, 3.63) is 54.3 Å². The van der Waals surface area contributed by atoms with Crippen molar-refractivity contribution >= 4 is 47.2 Å². The average molecular weight is 541 g/mol. The van der Waals surface area contributed by atoms with E-state index in [0.717, 1.165) is 32.1 Å². The van der Waals surface area contributed by atoms with E-state index in [2.05, 4.69) is 25.4 Å². The summed E-state index contributed by atoms with van der Waals surface area (Å²) in [5.74, 6) is 1.19. The summed E-state index contributed by atoms with van der Waals surface area (Å²) in [4.78, 5) is 19.7. The number of hydrogen-bond donors (Lipinski definition) is 2. The van der Waals surface area contributed by atoms with E-state index in [1.54, 1.807) is 19.2 Å². The Kier molecular flexibility index (Phi) is 9.83. The number of ether oxygens (including phenoxy) is 1. The largest absolute Gasteiger partial charge is 0.492 e. The third-order valence-corrected chi connectivity index (χ3v) is 4.79. The third-order valence-electron chi connectivity index (χ3n) is 4.79. The van der Waals surface area contributed by atoms with Crippen LogP contribution in [-0.4, -0.2) is 63.1 Å². The number of anilines is 2. The van der Waals surface area contributed by atoms with E-state index < -0.39 is 0 Å². The van der Waals surface area contributed by atoms with Crippen molar-refractivity contribution in [3.8, 4) is 5.75 Å². The summed E-state index contributed by atoms with van der Waals surface area (Å²) >= 11 is 0. The standard InChI is InChI=1S/C22H28FN5O2.HI/c1-17(29)26-18-6-5-7-19(16-18)30-15-10-25-22(24-2)28-13-11-27(12-14-28)21-9-4-3-8-20(21)23;/h3-9,16H,10-15H2,1-2H3,(H,24,25)(H,26,29);1H. The molecule has 1 amide bonds. The highest BCUT2D eigenvalue weighted by molar-refractivity contribution is 14.0. The number of carbonyl (C=O) groups is 1. The van der Waals surface area contributed by atoms with Gasteiger partial charge in [-0.05, 0) is 24.3 Å². The van der Waals surface area contributed by atoms with E-state index >= 15 is 0 Å². The van der Waals surface area contributed by atoms with Gasteiger partial charge in [0.2, 0.25) is 5.91 Å². The number of carbonyl (C=O) groups excluding carboxylic acids is 1. The minimum atomic E-state index is -0.187. The van der Waals surface area contributed by atoms with E-state index in [9.17, 15) is 9.18 Å². The number of nitrogens with zero attached hydrogens (tertiary/aromatic N) is 3. The predicted octanol–water partition coefficient (Wildman–Crippen LogP) is 3.18. The van der Waals surface area contributed by atoms with Crippen LogP contribution >= 0.6 is 24.0 Å². The molecule has 0 radical (unpaired) electrons. The molecule has 1 aliphatic rings. The Morgan fingerprint density at radius 1 is 1.13 bits per heavy atom. The molecule has 7 nitrogen and oxygen atoms in total. The number of piperazine rings is 1. The quantitative estimate of drug-likeness (QED) is 0.255. The Morgan fingerprint density at radius 3 is 2.55 bits per heavy atom. The molecule has 31 heavy (non-hydrogen) atoms. The van der Waals surface area contributed by atoms with Gasteiger partial charge in [0.15, 0.2) is 5.96 Å². The molecule has 2 aromatic carbocycles. The molecule has 0 unspecified atom stereocenters. The zero-order valence-corrected chi connectivity index (χ0v) is 20.1. The first-order valence-corrected chi connectivity index (χ1v) is 10.0.